The van der Waals surface area contributed by atoms with E-state index in [2.05, 4.69) is 6.92 Å². The lowest BCUT2D eigenvalue weighted by Crippen LogP contribution is -2.25. The third-order valence-electron chi connectivity index (χ3n) is 7.08. The summed E-state index contributed by atoms with van der Waals surface area (Å²) < 4.78 is 16.9. The average Bonchev–Trinajstić information content (AvgIpc) is 2.90. The van der Waals surface area contributed by atoms with Crippen LogP contribution in [-0.4, -0.2) is 43.0 Å². The van der Waals surface area contributed by atoms with Crippen molar-refractivity contribution >= 4 is 17.5 Å². The molecular weight excluding hydrogens is 484 g/mol. The molecule has 1 unspecified atom stereocenters. The number of fused-ring (bicyclic) bond motifs is 1. The Labute approximate surface area is 225 Å². The Hall–Kier alpha value is -3.35. The van der Waals surface area contributed by atoms with E-state index in [1.54, 1.807) is 12.1 Å². The van der Waals surface area contributed by atoms with E-state index in [1.807, 2.05) is 19.1 Å². The fraction of sp³-hybridized carbons (Fsp3) is 0.516. The van der Waals surface area contributed by atoms with Crippen LogP contribution in [0.1, 0.15) is 96.7 Å². The molecule has 0 heterocycles. The molecule has 0 saturated carbocycles. The molecule has 0 fully saturated rings. The van der Waals surface area contributed by atoms with Crippen molar-refractivity contribution in [2.75, 3.05) is 20.3 Å². The van der Waals surface area contributed by atoms with Crippen molar-refractivity contribution in [3.63, 3.8) is 0 Å². The number of Topliss-reactive ketones (excluding diaryl/α,β-unsaturated/α-hetero) is 2. The Morgan fingerprint density at radius 2 is 1.61 bits per heavy atom. The molecule has 1 aliphatic carbocycles. The van der Waals surface area contributed by atoms with E-state index in [0.717, 1.165) is 54.5 Å². The zero-order valence-corrected chi connectivity index (χ0v) is 23.1. The standard InChI is InChI=1S/C31H40O7/c1-5-8-24-26(15-12-21-10-11-22(30(34)29(21)24)13-17-28(33)36-4)37-18-7-19-38-27-16-14-23(20(3)32)31(35)25(27)9-6-2/h12,14-16,22,35H,5-11,13,17-19H2,1-4H3. The number of ketones is 2. The number of rotatable bonds is 14. The van der Waals surface area contributed by atoms with Crippen molar-refractivity contribution in [1.82, 2.24) is 0 Å². The van der Waals surface area contributed by atoms with Crippen LogP contribution < -0.4 is 9.47 Å². The second-order valence-electron chi connectivity index (χ2n) is 9.84. The van der Waals surface area contributed by atoms with Crippen molar-refractivity contribution < 1.29 is 33.7 Å². The first kappa shape index (κ1) is 29.2. The van der Waals surface area contributed by atoms with Gasteiger partial charge in [0.2, 0.25) is 0 Å². The highest BCUT2D eigenvalue weighted by molar-refractivity contribution is 6.02. The molecule has 7 nitrogen and oxygen atoms in total. The highest BCUT2D eigenvalue weighted by Crippen LogP contribution is 2.36. The van der Waals surface area contributed by atoms with Crippen LogP contribution in [0.3, 0.4) is 0 Å². The number of aromatic hydroxyl groups is 1. The number of carbonyl (C=O) groups excluding carboxylic acids is 3. The van der Waals surface area contributed by atoms with Crippen molar-refractivity contribution in [3.8, 4) is 17.2 Å². The number of ether oxygens (including phenoxy) is 3. The quantitative estimate of drug-likeness (QED) is 0.183. The molecule has 0 aliphatic heterocycles. The summed E-state index contributed by atoms with van der Waals surface area (Å²) in [6.45, 7) is 6.33. The van der Waals surface area contributed by atoms with Crippen molar-refractivity contribution in [2.45, 2.75) is 78.6 Å². The first-order valence-electron chi connectivity index (χ1n) is 13.7. The Kier molecular flexibility index (Phi) is 10.7. The predicted molar refractivity (Wildman–Crippen MR) is 146 cm³/mol. The topological polar surface area (TPSA) is 99.1 Å². The number of carbonyl (C=O) groups is 3. The smallest absolute Gasteiger partial charge is 0.305 e. The fourth-order valence-electron chi connectivity index (χ4n) is 5.11. The summed E-state index contributed by atoms with van der Waals surface area (Å²) in [7, 11) is 1.37. The van der Waals surface area contributed by atoms with Gasteiger partial charge in [-0.25, -0.2) is 0 Å². The maximum Gasteiger partial charge on any atom is 0.305 e. The lowest BCUT2D eigenvalue weighted by atomic mass is 9.77. The highest BCUT2D eigenvalue weighted by atomic mass is 16.5. The number of aryl methyl sites for hydroxylation is 1. The third-order valence-corrected chi connectivity index (χ3v) is 7.08. The largest absolute Gasteiger partial charge is 0.507 e. The number of phenolic OH excluding ortho intramolecular Hbond substituents is 1. The van der Waals surface area contributed by atoms with Gasteiger partial charge in [-0.3, -0.25) is 14.4 Å². The molecule has 1 atom stereocenters. The second-order valence-corrected chi connectivity index (χ2v) is 9.84. The van der Waals surface area contributed by atoms with Gasteiger partial charge in [-0.1, -0.05) is 32.8 Å². The molecule has 0 aromatic heterocycles. The Bertz CT molecular complexity index is 1150. The zero-order valence-electron chi connectivity index (χ0n) is 23.1. The van der Waals surface area contributed by atoms with Crippen LogP contribution in [0, 0.1) is 5.92 Å². The monoisotopic (exact) mass is 524 g/mol. The second kappa shape index (κ2) is 14.0. The van der Waals surface area contributed by atoms with Crippen LogP contribution in [-0.2, 0) is 28.8 Å². The third kappa shape index (κ3) is 6.94. The van der Waals surface area contributed by atoms with E-state index in [4.69, 9.17) is 14.2 Å². The molecule has 1 aliphatic rings. The summed E-state index contributed by atoms with van der Waals surface area (Å²) in [4.78, 5) is 36.8. The first-order valence-corrected chi connectivity index (χ1v) is 13.7. The predicted octanol–water partition coefficient (Wildman–Crippen LogP) is 6.05. The van der Waals surface area contributed by atoms with Crippen LogP contribution in [0.5, 0.6) is 17.2 Å². The van der Waals surface area contributed by atoms with Gasteiger partial charge in [0.15, 0.2) is 11.6 Å². The molecule has 2 aromatic rings. The molecule has 0 bridgehead atoms. The van der Waals surface area contributed by atoms with Gasteiger partial charge < -0.3 is 19.3 Å². The Balaban J connectivity index is 1.66. The number of benzene rings is 2. The molecule has 0 radical (unpaired) electrons. The van der Waals surface area contributed by atoms with E-state index >= 15 is 0 Å². The summed E-state index contributed by atoms with van der Waals surface area (Å²) in [6, 6.07) is 7.30. The summed E-state index contributed by atoms with van der Waals surface area (Å²) >= 11 is 0. The number of hydrogen-bond acceptors (Lipinski definition) is 7. The van der Waals surface area contributed by atoms with Gasteiger partial charge in [0, 0.05) is 35.4 Å². The normalized spacial score (nSPS) is 14.6. The lowest BCUT2D eigenvalue weighted by Gasteiger charge is -2.26. The van der Waals surface area contributed by atoms with Crippen LogP contribution in [0.15, 0.2) is 24.3 Å². The summed E-state index contributed by atoms with van der Waals surface area (Å²) in [5, 5.41) is 10.5. The van der Waals surface area contributed by atoms with Crippen molar-refractivity contribution in [2.24, 2.45) is 5.92 Å². The molecule has 3 rings (SSSR count). The van der Waals surface area contributed by atoms with Crippen LogP contribution >= 0.6 is 0 Å². The van der Waals surface area contributed by atoms with Gasteiger partial charge in [-0.05, 0) is 62.8 Å². The number of hydrogen-bond donors (Lipinski definition) is 1. The van der Waals surface area contributed by atoms with E-state index < -0.39 is 0 Å². The number of methoxy groups -OCH3 is 1. The van der Waals surface area contributed by atoms with Crippen LogP contribution in [0.25, 0.3) is 0 Å². The molecule has 7 heteroatoms. The van der Waals surface area contributed by atoms with Gasteiger partial charge in [0.25, 0.3) is 0 Å². The highest BCUT2D eigenvalue weighted by Gasteiger charge is 2.31. The van der Waals surface area contributed by atoms with Gasteiger partial charge in [0.1, 0.15) is 17.2 Å². The molecular formula is C31H40O7. The van der Waals surface area contributed by atoms with E-state index in [9.17, 15) is 19.5 Å². The summed E-state index contributed by atoms with van der Waals surface area (Å²) in [6.07, 6.45) is 5.97. The minimum absolute atomic E-state index is 0.000856. The Morgan fingerprint density at radius 1 is 0.974 bits per heavy atom. The summed E-state index contributed by atoms with van der Waals surface area (Å²) in [5.74, 6) is 0.764. The van der Waals surface area contributed by atoms with Gasteiger partial charge >= 0.3 is 5.97 Å². The van der Waals surface area contributed by atoms with Gasteiger partial charge in [0.05, 0.1) is 25.9 Å². The molecule has 0 saturated heterocycles. The van der Waals surface area contributed by atoms with Crippen LogP contribution in [0.2, 0.25) is 0 Å². The fourth-order valence-corrected chi connectivity index (χ4v) is 5.11. The average molecular weight is 525 g/mol. The molecule has 38 heavy (non-hydrogen) atoms. The van der Waals surface area contributed by atoms with Gasteiger partial charge in [-0.15, -0.1) is 0 Å². The molecule has 0 spiro atoms. The number of phenols is 1. The minimum atomic E-state index is -0.288. The summed E-state index contributed by atoms with van der Waals surface area (Å²) in [5.41, 5.74) is 3.74. The van der Waals surface area contributed by atoms with Crippen molar-refractivity contribution in [3.05, 3.63) is 52.1 Å². The van der Waals surface area contributed by atoms with E-state index in [0.29, 0.717) is 49.4 Å². The SMILES string of the molecule is CCCc1c(OCCCOc2ccc3c(c2CCC)C(=O)C(CCC(=O)OC)CC3)ccc(C(C)=O)c1O. The maximum atomic E-state index is 13.4. The lowest BCUT2D eigenvalue weighted by molar-refractivity contribution is -0.140. The molecule has 1 N–H and O–H groups in total. The zero-order chi connectivity index (χ0) is 27.7. The maximum absolute atomic E-state index is 13.4. The van der Waals surface area contributed by atoms with E-state index in [-0.39, 0.29) is 35.6 Å². The molecule has 0 amide bonds. The van der Waals surface area contributed by atoms with Crippen LogP contribution in [0.4, 0.5) is 0 Å². The molecule has 2 aromatic carbocycles. The number of esters is 1. The first-order chi connectivity index (χ1) is 18.3. The Morgan fingerprint density at radius 3 is 2.24 bits per heavy atom. The van der Waals surface area contributed by atoms with E-state index in [1.165, 1.54) is 14.0 Å². The van der Waals surface area contributed by atoms with Gasteiger partial charge in [-0.2, -0.15) is 0 Å². The minimum Gasteiger partial charge on any atom is -0.507 e. The molecule has 206 valence electrons. The van der Waals surface area contributed by atoms with Crippen molar-refractivity contribution in [1.29, 1.82) is 0 Å².